The summed E-state index contributed by atoms with van der Waals surface area (Å²) >= 11 is 0. The Balaban J connectivity index is 2.56. The maximum atomic E-state index is 11.9. The number of aliphatic hydroxyl groups excluding tert-OH is 2. The van der Waals surface area contributed by atoms with Crippen molar-refractivity contribution in [2.45, 2.75) is 12.6 Å². The number of carboxylic acid groups (broad SMARTS) is 1. The first-order valence-electron chi connectivity index (χ1n) is 6.13. The lowest BCUT2D eigenvalue weighted by Crippen LogP contribution is -2.45. The van der Waals surface area contributed by atoms with Crippen molar-refractivity contribution in [3.63, 3.8) is 0 Å². The number of carbonyl (C=O) groups is 2. The van der Waals surface area contributed by atoms with Crippen LogP contribution in [0.2, 0.25) is 0 Å². The number of carboxylic acids is 1. The van der Waals surface area contributed by atoms with Crippen molar-refractivity contribution in [1.29, 1.82) is 0 Å². The molecule has 0 saturated heterocycles. The Kier molecular flexibility index (Phi) is 6.48. The zero-order chi connectivity index (χ0) is 15.0. The van der Waals surface area contributed by atoms with E-state index in [0.29, 0.717) is 0 Å². The number of aliphatic hydroxyl groups is 2. The number of hydrogen-bond donors (Lipinski definition) is 4. The minimum Gasteiger partial charge on any atom is -0.479 e. The van der Waals surface area contributed by atoms with E-state index in [0.717, 1.165) is 5.56 Å². The van der Waals surface area contributed by atoms with Gasteiger partial charge < -0.3 is 25.5 Å². The molecule has 0 heterocycles. The molecule has 4 N–H and O–H groups in total. The summed E-state index contributed by atoms with van der Waals surface area (Å²) in [6.07, 6.45) is -1.65. The van der Waals surface area contributed by atoms with E-state index in [1.807, 2.05) is 30.3 Å². The summed E-state index contributed by atoms with van der Waals surface area (Å²) in [6, 6.07) is 8.65. The third-order valence-electron chi connectivity index (χ3n) is 2.61. The van der Waals surface area contributed by atoms with E-state index in [-0.39, 0.29) is 26.2 Å². The smallest absolute Gasteiger partial charge is 0.334 e. The lowest BCUT2D eigenvalue weighted by atomic mass is 10.2. The first-order valence-corrected chi connectivity index (χ1v) is 6.13. The highest BCUT2D eigenvalue weighted by molar-refractivity contribution is 5.76. The van der Waals surface area contributed by atoms with E-state index < -0.39 is 18.1 Å². The van der Waals surface area contributed by atoms with Crippen LogP contribution in [0.25, 0.3) is 0 Å². The van der Waals surface area contributed by atoms with E-state index in [9.17, 15) is 9.59 Å². The molecule has 0 bridgehead atoms. The lowest BCUT2D eigenvalue weighted by molar-refractivity contribution is -0.146. The minimum absolute atomic E-state index is 0.115. The second-order valence-electron chi connectivity index (χ2n) is 4.17. The number of aliphatic carboxylic acids is 1. The summed E-state index contributed by atoms with van der Waals surface area (Å²) in [5, 5.41) is 28.9. The molecule has 1 aromatic carbocycles. The summed E-state index contributed by atoms with van der Waals surface area (Å²) in [7, 11) is 0. The average Bonchev–Trinajstić information content (AvgIpc) is 2.44. The maximum Gasteiger partial charge on any atom is 0.334 e. The Labute approximate surface area is 116 Å². The van der Waals surface area contributed by atoms with Crippen molar-refractivity contribution in [3.8, 4) is 0 Å². The van der Waals surface area contributed by atoms with Gasteiger partial charge in [0.1, 0.15) is 0 Å². The second-order valence-corrected chi connectivity index (χ2v) is 4.17. The predicted molar refractivity (Wildman–Crippen MR) is 71.0 cm³/mol. The number of rotatable bonds is 7. The van der Waals surface area contributed by atoms with Crippen molar-refractivity contribution in [2.75, 3.05) is 19.7 Å². The Hall–Kier alpha value is -2.12. The molecule has 1 aromatic rings. The Morgan fingerprint density at radius 3 is 2.45 bits per heavy atom. The molecule has 0 aliphatic heterocycles. The molecule has 110 valence electrons. The monoisotopic (exact) mass is 282 g/mol. The van der Waals surface area contributed by atoms with Crippen LogP contribution in [-0.2, 0) is 11.3 Å². The summed E-state index contributed by atoms with van der Waals surface area (Å²) in [5.74, 6) is -1.40. The maximum absolute atomic E-state index is 11.9. The van der Waals surface area contributed by atoms with Crippen molar-refractivity contribution in [2.24, 2.45) is 0 Å². The standard InChI is InChI=1S/C13H18N2O5/c16-7-6-15(9-10-4-2-1-3-5-10)13(20)14-8-11(17)12(18)19/h1-5,11,16-17H,6-9H2,(H,14,20)(H,18,19)/t11-/m0/s1. The average molecular weight is 282 g/mol. The van der Waals surface area contributed by atoms with Gasteiger partial charge in [-0.25, -0.2) is 9.59 Å². The molecule has 0 fully saturated rings. The van der Waals surface area contributed by atoms with Gasteiger partial charge in [0.2, 0.25) is 0 Å². The van der Waals surface area contributed by atoms with Crippen molar-refractivity contribution >= 4 is 12.0 Å². The van der Waals surface area contributed by atoms with Crippen LogP contribution < -0.4 is 5.32 Å². The van der Waals surface area contributed by atoms with Crippen LogP contribution in [0.1, 0.15) is 5.56 Å². The van der Waals surface area contributed by atoms with E-state index >= 15 is 0 Å². The Morgan fingerprint density at radius 2 is 1.90 bits per heavy atom. The molecule has 0 aliphatic rings. The number of amides is 2. The molecule has 1 rings (SSSR count). The van der Waals surface area contributed by atoms with Crippen molar-refractivity contribution in [3.05, 3.63) is 35.9 Å². The van der Waals surface area contributed by atoms with Crippen LogP contribution in [0.4, 0.5) is 4.79 Å². The molecule has 20 heavy (non-hydrogen) atoms. The molecule has 0 radical (unpaired) electrons. The van der Waals surface area contributed by atoms with Gasteiger partial charge in [-0.05, 0) is 5.56 Å². The largest absolute Gasteiger partial charge is 0.479 e. The molecule has 7 heteroatoms. The predicted octanol–water partition coefficient (Wildman–Crippen LogP) is -0.364. The quantitative estimate of drug-likeness (QED) is 0.546. The van der Waals surface area contributed by atoms with Crippen LogP contribution in [0, 0.1) is 0 Å². The number of carbonyl (C=O) groups excluding carboxylic acids is 1. The van der Waals surface area contributed by atoms with Gasteiger partial charge in [0.05, 0.1) is 13.2 Å². The molecular weight excluding hydrogens is 264 g/mol. The molecule has 7 nitrogen and oxygen atoms in total. The molecule has 0 saturated carbocycles. The fourth-order valence-electron chi connectivity index (χ4n) is 1.56. The fourth-order valence-corrected chi connectivity index (χ4v) is 1.56. The highest BCUT2D eigenvalue weighted by atomic mass is 16.4. The Morgan fingerprint density at radius 1 is 1.25 bits per heavy atom. The van der Waals surface area contributed by atoms with Gasteiger partial charge in [0, 0.05) is 13.1 Å². The third-order valence-corrected chi connectivity index (χ3v) is 2.61. The first-order chi connectivity index (χ1) is 9.54. The summed E-state index contributed by atoms with van der Waals surface area (Å²) in [4.78, 5) is 23.6. The van der Waals surface area contributed by atoms with Gasteiger partial charge in [-0.3, -0.25) is 0 Å². The van der Waals surface area contributed by atoms with Crippen LogP contribution in [0.3, 0.4) is 0 Å². The number of benzene rings is 1. The number of nitrogens with one attached hydrogen (secondary N) is 1. The van der Waals surface area contributed by atoms with E-state index in [1.54, 1.807) is 0 Å². The van der Waals surface area contributed by atoms with Gasteiger partial charge in [0.15, 0.2) is 6.10 Å². The van der Waals surface area contributed by atoms with E-state index in [1.165, 1.54) is 4.90 Å². The number of nitrogens with zero attached hydrogens (tertiary/aromatic N) is 1. The lowest BCUT2D eigenvalue weighted by Gasteiger charge is -2.22. The third kappa shape index (κ3) is 5.25. The zero-order valence-corrected chi connectivity index (χ0v) is 10.9. The van der Waals surface area contributed by atoms with Gasteiger partial charge >= 0.3 is 12.0 Å². The Bertz CT molecular complexity index is 438. The molecule has 0 unspecified atom stereocenters. The van der Waals surface area contributed by atoms with Crippen molar-refractivity contribution in [1.82, 2.24) is 10.2 Å². The highest BCUT2D eigenvalue weighted by Gasteiger charge is 2.17. The van der Waals surface area contributed by atoms with E-state index in [2.05, 4.69) is 5.32 Å². The molecular formula is C13H18N2O5. The summed E-state index contributed by atoms with van der Waals surface area (Å²) in [5.41, 5.74) is 0.884. The van der Waals surface area contributed by atoms with Gasteiger partial charge in [-0.15, -0.1) is 0 Å². The van der Waals surface area contributed by atoms with Gasteiger partial charge in [-0.1, -0.05) is 30.3 Å². The minimum atomic E-state index is -1.65. The second kappa shape index (κ2) is 8.13. The normalized spacial score (nSPS) is 11.7. The SMILES string of the molecule is O=C(O)[C@@H](O)CNC(=O)N(CCO)Cc1ccccc1. The topological polar surface area (TPSA) is 110 Å². The summed E-state index contributed by atoms with van der Waals surface area (Å²) < 4.78 is 0. The van der Waals surface area contributed by atoms with E-state index in [4.69, 9.17) is 15.3 Å². The van der Waals surface area contributed by atoms with Crippen LogP contribution in [-0.4, -0.2) is 58.0 Å². The van der Waals surface area contributed by atoms with Crippen LogP contribution in [0.5, 0.6) is 0 Å². The summed E-state index contributed by atoms with van der Waals surface area (Å²) in [6.45, 7) is -0.188. The highest BCUT2D eigenvalue weighted by Crippen LogP contribution is 2.04. The first kappa shape index (κ1) is 15.9. The fraction of sp³-hybridized carbons (Fsp3) is 0.385. The zero-order valence-electron chi connectivity index (χ0n) is 10.9. The number of urea groups is 1. The molecule has 1 atom stereocenters. The van der Waals surface area contributed by atoms with Crippen LogP contribution >= 0.6 is 0 Å². The molecule has 0 aliphatic carbocycles. The molecule has 2 amide bonds. The van der Waals surface area contributed by atoms with Gasteiger partial charge in [0.25, 0.3) is 0 Å². The van der Waals surface area contributed by atoms with Gasteiger partial charge in [-0.2, -0.15) is 0 Å². The molecule has 0 spiro atoms. The number of hydrogen-bond acceptors (Lipinski definition) is 4. The molecule has 0 aromatic heterocycles. The van der Waals surface area contributed by atoms with Crippen molar-refractivity contribution < 1.29 is 24.9 Å². The van der Waals surface area contributed by atoms with Crippen LogP contribution in [0.15, 0.2) is 30.3 Å².